The van der Waals surface area contributed by atoms with Crippen molar-refractivity contribution in [3.05, 3.63) is 16.0 Å². The zero-order chi connectivity index (χ0) is 23.5. The van der Waals surface area contributed by atoms with E-state index in [1.54, 1.807) is 0 Å². The fourth-order valence-electron chi connectivity index (χ4n) is 5.65. The molecule has 0 saturated carbocycles. The van der Waals surface area contributed by atoms with Crippen LogP contribution in [-0.4, -0.2) is 56.3 Å². The fourth-order valence-corrected chi connectivity index (χ4v) is 5.65. The van der Waals surface area contributed by atoms with E-state index in [-0.39, 0.29) is 75.1 Å². The minimum Gasteiger partial charge on any atom is -0.652 e. The third kappa shape index (κ3) is 15.3. The molecule has 0 amide bonds. The first-order valence-electron chi connectivity index (χ1n) is 12.5. The SMILES string of the molecule is CC1(C)CCCC(C)(C)[N-]1.CC1(C)CCCC(C)(C)[N-]1.CC1(C)CCCC(C)(C)[N-]1.[Li+].[Mg+2]. The molecule has 3 fully saturated rings. The summed E-state index contributed by atoms with van der Waals surface area (Å²) in [6.07, 6.45) is 11.6. The van der Waals surface area contributed by atoms with Gasteiger partial charge in [0.1, 0.15) is 0 Å². The van der Waals surface area contributed by atoms with Crippen molar-refractivity contribution in [3.63, 3.8) is 0 Å². The molecule has 0 spiro atoms. The van der Waals surface area contributed by atoms with Gasteiger partial charge in [0.25, 0.3) is 0 Å². The Bertz CT molecular complexity index is 421. The topological polar surface area (TPSA) is 42.3 Å². The standard InChI is InChI=1S/3C9H18N.Li.Mg/c3*1-8(2)6-5-7-9(3,4)10-8;;/h3*5-7H2,1-4H3;;/q3*-1;+1;+2. The Morgan fingerprint density at radius 3 is 0.531 bits per heavy atom. The molecule has 3 saturated heterocycles. The van der Waals surface area contributed by atoms with E-state index in [0.29, 0.717) is 0 Å². The molecule has 0 atom stereocenters. The normalized spacial score (nSPS) is 28.1. The largest absolute Gasteiger partial charge is 2.00 e. The monoisotopic (exact) mass is 451 g/mol. The first-order chi connectivity index (χ1) is 13.2. The molecule has 3 aliphatic rings. The Labute approximate surface area is 230 Å². The van der Waals surface area contributed by atoms with Crippen molar-refractivity contribution in [2.75, 3.05) is 0 Å². The molecule has 3 heterocycles. The third-order valence-electron chi connectivity index (χ3n) is 6.55. The Morgan fingerprint density at radius 1 is 0.344 bits per heavy atom. The van der Waals surface area contributed by atoms with E-state index < -0.39 is 0 Å². The Kier molecular flexibility index (Phi) is 14.4. The Hall–Kier alpha value is 1.24. The maximum absolute atomic E-state index is 4.75. The average molecular weight is 452 g/mol. The second-order valence-electron chi connectivity index (χ2n) is 13.8. The molecule has 0 aromatic heterocycles. The predicted molar refractivity (Wildman–Crippen MR) is 142 cm³/mol. The van der Waals surface area contributed by atoms with Crippen molar-refractivity contribution >= 4 is 23.1 Å². The van der Waals surface area contributed by atoms with E-state index in [1.165, 1.54) is 57.8 Å². The summed E-state index contributed by atoms with van der Waals surface area (Å²) < 4.78 is 0. The van der Waals surface area contributed by atoms with Crippen LogP contribution in [0.15, 0.2) is 0 Å². The van der Waals surface area contributed by atoms with E-state index in [9.17, 15) is 0 Å². The van der Waals surface area contributed by atoms with E-state index in [0.717, 1.165) is 0 Å². The van der Waals surface area contributed by atoms with Gasteiger partial charge >= 0.3 is 41.9 Å². The zero-order valence-corrected chi connectivity index (χ0v) is 25.8. The van der Waals surface area contributed by atoms with Gasteiger partial charge in [0.05, 0.1) is 0 Å². The first-order valence-corrected chi connectivity index (χ1v) is 12.5. The van der Waals surface area contributed by atoms with Gasteiger partial charge in [0, 0.05) is 0 Å². The number of hydrogen-bond donors (Lipinski definition) is 0. The van der Waals surface area contributed by atoms with Gasteiger partial charge in [-0.25, -0.2) is 0 Å². The second-order valence-corrected chi connectivity index (χ2v) is 13.8. The summed E-state index contributed by atoms with van der Waals surface area (Å²) in [6, 6.07) is 0. The quantitative estimate of drug-likeness (QED) is 0.410. The minimum atomic E-state index is 0. The summed E-state index contributed by atoms with van der Waals surface area (Å²) in [5, 5.41) is 14.2. The molecule has 3 aliphatic heterocycles. The van der Waals surface area contributed by atoms with E-state index in [4.69, 9.17) is 16.0 Å². The summed E-state index contributed by atoms with van der Waals surface area (Å²) in [5.41, 5.74) is 1.43. The predicted octanol–water partition coefficient (Wildman–Crippen LogP) is 5.93. The van der Waals surface area contributed by atoms with Crippen molar-refractivity contribution in [2.24, 2.45) is 0 Å². The second kappa shape index (κ2) is 13.0. The van der Waals surface area contributed by atoms with Crippen LogP contribution in [0, 0.1) is 0 Å². The minimum absolute atomic E-state index is 0. The molecule has 3 rings (SSSR count). The van der Waals surface area contributed by atoms with E-state index >= 15 is 0 Å². The van der Waals surface area contributed by atoms with Gasteiger partial charge in [-0.15, -0.1) is 33.2 Å². The third-order valence-corrected chi connectivity index (χ3v) is 6.55. The van der Waals surface area contributed by atoms with Crippen LogP contribution in [0.5, 0.6) is 0 Å². The molecular formula is C27H54LiMgN3. The van der Waals surface area contributed by atoms with Crippen molar-refractivity contribution in [1.82, 2.24) is 0 Å². The zero-order valence-electron chi connectivity index (χ0n) is 24.4. The molecule has 0 unspecified atom stereocenters. The smallest absolute Gasteiger partial charge is 0.652 e. The molecule has 0 aromatic rings. The van der Waals surface area contributed by atoms with Gasteiger partial charge in [-0.3, -0.25) is 0 Å². The number of nitrogens with zero attached hydrogens (tertiary/aromatic N) is 3. The molecular weight excluding hydrogens is 398 g/mol. The summed E-state index contributed by atoms with van der Waals surface area (Å²) in [4.78, 5) is 0. The Balaban J connectivity index is 0. The summed E-state index contributed by atoms with van der Waals surface area (Å²) in [7, 11) is 0. The van der Waals surface area contributed by atoms with Crippen LogP contribution in [0.2, 0.25) is 0 Å². The van der Waals surface area contributed by atoms with Crippen LogP contribution in [0.1, 0.15) is 141 Å². The Morgan fingerprint density at radius 2 is 0.469 bits per heavy atom. The van der Waals surface area contributed by atoms with Gasteiger partial charge in [-0.05, 0) is 0 Å². The molecule has 180 valence electrons. The van der Waals surface area contributed by atoms with Gasteiger partial charge in [0.15, 0.2) is 0 Å². The number of rotatable bonds is 0. The molecule has 0 N–H and O–H groups in total. The maximum Gasteiger partial charge on any atom is 2.00 e. The van der Waals surface area contributed by atoms with Gasteiger partial charge in [-0.2, -0.15) is 0 Å². The van der Waals surface area contributed by atoms with Crippen LogP contribution < -0.4 is 18.9 Å². The van der Waals surface area contributed by atoms with E-state index in [1.807, 2.05) is 0 Å². The molecule has 5 heteroatoms. The maximum atomic E-state index is 4.75. The van der Waals surface area contributed by atoms with Crippen LogP contribution in [0.3, 0.4) is 0 Å². The van der Waals surface area contributed by atoms with Gasteiger partial charge < -0.3 is 16.0 Å². The number of hydrogen-bond acceptors (Lipinski definition) is 0. The molecule has 0 radical (unpaired) electrons. The van der Waals surface area contributed by atoms with Crippen LogP contribution >= 0.6 is 0 Å². The average Bonchev–Trinajstić information content (AvgIpc) is 2.40. The van der Waals surface area contributed by atoms with E-state index in [2.05, 4.69) is 83.1 Å². The number of piperidine rings is 3. The van der Waals surface area contributed by atoms with Crippen molar-refractivity contribution < 1.29 is 18.9 Å². The molecule has 0 aliphatic carbocycles. The summed E-state index contributed by atoms with van der Waals surface area (Å²) >= 11 is 0. The van der Waals surface area contributed by atoms with Gasteiger partial charge in [-0.1, -0.05) is 141 Å². The van der Waals surface area contributed by atoms with Crippen molar-refractivity contribution in [3.8, 4) is 0 Å². The summed E-state index contributed by atoms with van der Waals surface area (Å²) in [5.74, 6) is 0. The first kappa shape index (κ1) is 35.4. The van der Waals surface area contributed by atoms with Crippen LogP contribution in [0.25, 0.3) is 16.0 Å². The molecule has 3 nitrogen and oxygen atoms in total. The molecule has 0 bridgehead atoms. The van der Waals surface area contributed by atoms with Crippen LogP contribution in [-0.2, 0) is 0 Å². The van der Waals surface area contributed by atoms with Crippen LogP contribution in [0.4, 0.5) is 0 Å². The van der Waals surface area contributed by atoms with Crippen molar-refractivity contribution in [1.29, 1.82) is 0 Å². The fraction of sp³-hybridized carbons (Fsp3) is 1.00. The molecule has 0 aromatic carbocycles. The summed E-state index contributed by atoms with van der Waals surface area (Å²) in [6.45, 7) is 26.8. The van der Waals surface area contributed by atoms with Gasteiger partial charge in [0.2, 0.25) is 0 Å². The molecule has 32 heavy (non-hydrogen) atoms. The van der Waals surface area contributed by atoms with Crippen molar-refractivity contribution in [2.45, 2.75) is 174 Å².